The van der Waals surface area contributed by atoms with Gasteiger partial charge in [0.25, 0.3) is 10.0 Å². The number of carbonyl (C=O) groups is 1. The van der Waals surface area contributed by atoms with E-state index in [0.29, 0.717) is 5.56 Å². The van der Waals surface area contributed by atoms with Crippen molar-refractivity contribution in [2.24, 2.45) is 10.9 Å². The zero-order valence-electron chi connectivity index (χ0n) is 16.7. The first-order valence-electron chi connectivity index (χ1n) is 10.3. The maximum absolute atomic E-state index is 12.2. The monoisotopic (exact) mass is 426 g/mol. The van der Waals surface area contributed by atoms with Crippen molar-refractivity contribution in [3.63, 3.8) is 0 Å². The highest BCUT2D eigenvalue weighted by Gasteiger charge is 2.29. The molecular weight excluding hydrogens is 400 g/mol. The van der Waals surface area contributed by atoms with E-state index in [1.165, 1.54) is 25.7 Å². The molecule has 1 saturated carbocycles. The molecule has 30 heavy (non-hydrogen) atoms. The van der Waals surface area contributed by atoms with Crippen molar-refractivity contribution in [3.05, 3.63) is 54.1 Å². The van der Waals surface area contributed by atoms with Crippen LogP contribution in [-0.4, -0.2) is 33.3 Å². The summed E-state index contributed by atoms with van der Waals surface area (Å²) in [5, 5.41) is 6.31. The number of hydrogen-bond donors (Lipinski definition) is 3. The van der Waals surface area contributed by atoms with Gasteiger partial charge in [-0.1, -0.05) is 25.0 Å². The molecule has 0 atom stereocenters. The maximum atomic E-state index is 12.2. The number of fused-ring (bicyclic) bond motifs is 1. The van der Waals surface area contributed by atoms with Crippen LogP contribution in [0.3, 0.4) is 0 Å². The summed E-state index contributed by atoms with van der Waals surface area (Å²) in [6, 6.07) is 14.4. The van der Waals surface area contributed by atoms with Crippen molar-refractivity contribution < 1.29 is 13.2 Å². The quantitative estimate of drug-likeness (QED) is 0.632. The highest BCUT2D eigenvalue weighted by Crippen LogP contribution is 2.25. The van der Waals surface area contributed by atoms with Crippen LogP contribution in [0.4, 0.5) is 11.4 Å². The number of rotatable bonds is 7. The minimum Gasteiger partial charge on any atom is -0.385 e. The number of hydrogen-bond acceptors (Lipinski definition) is 5. The molecule has 2 aromatic carbocycles. The van der Waals surface area contributed by atoms with E-state index in [0.717, 1.165) is 23.8 Å². The molecule has 3 N–H and O–H groups in total. The zero-order valence-corrected chi connectivity index (χ0v) is 17.5. The van der Waals surface area contributed by atoms with Crippen LogP contribution in [0.1, 0.15) is 37.7 Å². The van der Waals surface area contributed by atoms with E-state index in [-0.39, 0.29) is 29.6 Å². The molecule has 0 saturated heterocycles. The van der Waals surface area contributed by atoms with E-state index in [1.807, 2.05) is 24.3 Å². The van der Waals surface area contributed by atoms with Crippen LogP contribution in [0.25, 0.3) is 0 Å². The van der Waals surface area contributed by atoms with Gasteiger partial charge in [-0.2, -0.15) is 0 Å². The van der Waals surface area contributed by atoms with Gasteiger partial charge < -0.3 is 10.6 Å². The number of anilines is 2. The summed E-state index contributed by atoms with van der Waals surface area (Å²) in [4.78, 5) is 16.7. The van der Waals surface area contributed by atoms with Crippen molar-refractivity contribution in [1.82, 2.24) is 4.72 Å². The Hall–Kier alpha value is -2.87. The lowest BCUT2D eigenvalue weighted by molar-refractivity contribution is -0.116. The average molecular weight is 427 g/mol. The number of amidine groups is 1. The lowest BCUT2D eigenvalue weighted by Gasteiger charge is -2.12. The van der Waals surface area contributed by atoms with Gasteiger partial charge in [-0.05, 0) is 55.2 Å². The van der Waals surface area contributed by atoms with Gasteiger partial charge in [-0.15, -0.1) is 0 Å². The number of amides is 1. The molecule has 4 rings (SSSR count). The second kappa shape index (κ2) is 8.87. The number of aliphatic imine (C=N–C) groups is 1. The van der Waals surface area contributed by atoms with Crippen molar-refractivity contribution >= 4 is 33.1 Å². The Labute approximate surface area is 177 Å². The molecule has 0 aromatic heterocycles. The molecule has 1 aliphatic carbocycles. The third kappa shape index (κ3) is 4.81. The first kappa shape index (κ1) is 20.4. The Bertz CT molecular complexity index is 1040. The Balaban J connectivity index is 1.26. The van der Waals surface area contributed by atoms with Gasteiger partial charge in [-0.25, -0.2) is 8.42 Å². The van der Waals surface area contributed by atoms with E-state index < -0.39 is 10.0 Å². The largest absolute Gasteiger partial charge is 0.385 e. The second-order valence-electron chi connectivity index (χ2n) is 7.74. The Morgan fingerprint density at radius 3 is 2.50 bits per heavy atom. The number of carbonyl (C=O) groups excluding carboxylic acids is 1. The van der Waals surface area contributed by atoms with Crippen LogP contribution < -0.4 is 15.4 Å². The number of benzene rings is 2. The molecule has 0 radical (unpaired) electrons. The minimum atomic E-state index is -3.56. The molecule has 0 spiro atoms. The molecule has 158 valence electrons. The maximum Gasteiger partial charge on any atom is 0.263 e. The van der Waals surface area contributed by atoms with Crippen molar-refractivity contribution in [3.8, 4) is 0 Å². The summed E-state index contributed by atoms with van der Waals surface area (Å²) in [6.45, 7) is 1.19. The fourth-order valence-corrected chi connectivity index (χ4v) is 5.14. The lowest BCUT2D eigenvalue weighted by Crippen LogP contribution is -2.23. The van der Waals surface area contributed by atoms with Crippen LogP contribution in [0.2, 0.25) is 0 Å². The van der Waals surface area contributed by atoms with Crippen LogP contribution >= 0.6 is 0 Å². The molecule has 1 fully saturated rings. The number of nitrogens with one attached hydrogen (secondary N) is 3. The van der Waals surface area contributed by atoms with Gasteiger partial charge in [0.15, 0.2) is 0 Å². The summed E-state index contributed by atoms with van der Waals surface area (Å²) in [5.41, 5.74) is 2.32. The normalized spacial score (nSPS) is 18.7. The molecular formula is C22H26N4O3S. The fraction of sp³-hybridized carbons (Fsp3) is 0.364. The SMILES string of the molecule is O=C(CCN=C1NS(=O)(=O)c2ccccc21)Nc1ccc(NCC2CCCC2)cc1. The first-order valence-corrected chi connectivity index (χ1v) is 11.8. The third-order valence-electron chi connectivity index (χ3n) is 5.51. The molecule has 1 amide bonds. The molecule has 2 aliphatic rings. The van der Waals surface area contributed by atoms with E-state index in [9.17, 15) is 13.2 Å². The molecule has 7 nitrogen and oxygen atoms in total. The van der Waals surface area contributed by atoms with Gasteiger partial charge in [0.05, 0.1) is 11.4 Å². The van der Waals surface area contributed by atoms with Gasteiger partial charge in [0, 0.05) is 29.9 Å². The summed E-state index contributed by atoms with van der Waals surface area (Å²) >= 11 is 0. The van der Waals surface area contributed by atoms with E-state index >= 15 is 0 Å². The van der Waals surface area contributed by atoms with Gasteiger partial charge >= 0.3 is 0 Å². The lowest BCUT2D eigenvalue weighted by atomic mass is 10.1. The summed E-state index contributed by atoms with van der Waals surface area (Å²) in [5.74, 6) is 0.888. The Morgan fingerprint density at radius 2 is 1.73 bits per heavy atom. The molecule has 2 aromatic rings. The second-order valence-corrected chi connectivity index (χ2v) is 9.39. The first-order chi connectivity index (χ1) is 14.5. The molecule has 1 heterocycles. The summed E-state index contributed by atoms with van der Waals surface area (Å²) in [6.07, 6.45) is 5.44. The Morgan fingerprint density at radius 1 is 1.03 bits per heavy atom. The van der Waals surface area contributed by atoms with Gasteiger partial charge in [0.2, 0.25) is 5.91 Å². The number of sulfonamides is 1. The van der Waals surface area contributed by atoms with Crippen LogP contribution in [0, 0.1) is 5.92 Å². The van der Waals surface area contributed by atoms with Crippen LogP contribution in [0.5, 0.6) is 0 Å². The fourth-order valence-electron chi connectivity index (χ4n) is 3.89. The smallest absolute Gasteiger partial charge is 0.263 e. The van der Waals surface area contributed by atoms with Crippen LogP contribution in [-0.2, 0) is 14.8 Å². The minimum absolute atomic E-state index is 0.162. The third-order valence-corrected chi connectivity index (χ3v) is 6.91. The molecule has 0 unspecified atom stereocenters. The topological polar surface area (TPSA) is 99.7 Å². The van der Waals surface area contributed by atoms with Crippen molar-refractivity contribution in [2.75, 3.05) is 23.7 Å². The average Bonchev–Trinajstić information content (AvgIpc) is 3.34. The summed E-state index contributed by atoms with van der Waals surface area (Å²) < 4.78 is 26.6. The van der Waals surface area contributed by atoms with Crippen molar-refractivity contribution in [2.45, 2.75) is 37.0 Å². The van der Waals surface area contributed by atoms with Gasteiger partial charge in [0.1, 0.15) is 5.84 Å². The Kier molecular flexibility index (Phi) is 6.03. The van der Waals surface area contributed by atoms with E-state index in [1.54, 1.807) is 24.3 Å². The standard InChI is InChI=1S/C22H26N4O3S/c27-21(13-14-23-22-19-7-3-4-8-20(19)30(28,29)26-22)25-18-11-9-17(10-12-18)24-15-16-5-1-2-6-16/h3-4,7-12,16,24H,1-2,5-6,13-15H2,(H,23,26)(H,25,27). The molecule has 8 heteroatoms. The summed E-state index contributed by atoms with van der Waals surface area (Å²) in [7, 11) is -3.56. The zero-order chi connectivity index (χ0) is 21.0. The van der Waals surface area contributed by atoms with Crippen LogP contribution in [0.15, 0.2) is 58.4 Å². The van der Waals surface area contributed by atoms with E-state index in [2.05, 4.69) is 20.3 Å². The number of nitrogens with zero attached hydrogens (tertiary/aromatic N) is 1. The van der Waals surface area contributed by atoms with Crippen molar-refractivity contribution in [1.29, 1.82) is 0 Å². The molecule has 0 bridgehead atoms. The highest BCUT2D eigenvalue weighted by atomic mass is 32.2. The van der Waals surface area contributed by atoms with Gasteiger partial charge in [-0.3, -0.25) is 14.5 Å². The predicted octanol–water partition coefficient (Wildman–Crippen LogP) is 3.36. The predicted molar refractivity (Wildman–Crippen MR) is 118 cm³/mol. The van der Waals surface area contributed by atoms with E-state index in [4.69, 9.17) is 0 Å². The highest BCUT2D eigenvalue weighted by molar-refractivity contribution is 7.90. The molecule has 1 aliphatic heterocycles.